The van der Waals surface area contributed by atoms with Crippen LogP contribution in [0.2, 0.25) is 0 Å². The van der Waals surface area contributed by atoms with E-state index in [1.165, 1.54) is 6.07 Å². The Hall–Kier alpha value is -1.42. The third kappa shape index (κ3) is 2.31. The van der Waals surface area contributed by atoms with E-state index in [9.17, 15) is 9.18 Å². The lowest BCUT2D eigenvalue weighted by Crippen LogP contribution is -2.38. The molecule has 0 aliphatic heterocycles. The first-order valence-corrected chi connectivity index (χ1v) is 5.90. The van der Waals surface area contributed by atoms with Gasteiger partial charge in [0.1, 0.15) is 5.82 Å². The lowest BCUT2D eigenvalue weighted by atomic mass is 9.80. The van der Waals surface area contributed by atoms with Gasteiger partial charge in [-0.15, -0.1) is 0 Å². The van der Waals surface area contributed by atoms with Gasteiger partial charge in [-0.3, -0.25) is 4.79 Å². The van der Waals surface area contributed by atoms with Gasteiger partial charge in [0.15, 0.2) is 0 Å². The Morgan fingerprint density at radius 3 is 3.06 bits per heavy atom. The quantitative estimate of drug-likeness (QED) is 0.818. The molecule has 2 rings (SSSR count). The number of nitrogens with one attached hydrogen (secondary N) is 1. The highest BCUT2D eigenvalue weighted by molar-refractivity contribution is 5.78. The van der Waals surface area contributed by atoms with Crippen molar-refractivity contribution in [1.29, 1.82) is 0 Å². The maximum Gasteiger partial charge on any atom is 0.234 e. The zero-order valence-electron chi connectivity index (χ0n) is 9.87. The highest BCUT2D eigenvalue weighted by Gasteiger charge is 2.28. The fraction of sp³-hybridized carbons (Fsp3) is 0.462. The zero-order chi connectivity index (χ0) is 12.4. The van der Waals surface area contributed by atoms with Gasteiger partial charge in [0.2, 0.25) is 5.91 Å². The van der Waals surface area contributed by atoms with Gasteiger partial charge in [0.25, 0.3) is 0 Å². The largest absolute Gasteiger partial charge is 0.348 e. The van der Waals surface area contributed by atoms with Gasteiger partial charge in [0.05, 0.1) is 12.6 Å². The first-order valence-electron chi connectivity index (χ1n) is 5.90. The van der Waals surface area contributed by atoms with Gasteiger partial charge in [-0.25, -0.2) is 4.39 Å². The average molecular weight is 236 g/mol. The summed E-state index contributed by atoms with van der Waals surface area (Å²) in [5.74, 6) is -0.0693. The number of carbonyl (C=O) groups excluding carboxylic acids is 1. The molecule has 92 valence electrons. The monoisotopic (exact) mass is 236 g/mol. The number of hydrogen-bond acceptors (Lipinski definition) is 2. The molecule has 3 N–H and O–H groups in total. The summed E-state index contributed by atoms with van der Waals surface area (Å²) in [6.07, 6.45) is 1.61. The lowest BCUT2D eigenvalue weighted by molar-refractivity contribution is -0.120. The van der Waals surface area contributed by atoms with Crippen LogP contribution in [-0.2, 0) is 11.2 Å². The lowest BCUT2D eigenvalue weighted by Gasteiger charge is -2.32. The van der Waals surface area contributed by atoms with Crippen molar-refractivity contribution in [3.8, 4) is 0 Å². The van der Waals surface area contributed by atoms with Crippen molar-refractivity contribution >= 4 is 5.91 Å². The molecule has 1 aromatic carbocycles. The Morgan fingerprint density at radius 1 is 1.59 bits per heavy atom. The van der Waals surface area contributed by atoms with Crippen LogP contribution >= 0.6 is 0 Å². The number of rotatable bonds is 2. The van der Waals surface area contributed by atoms with Crippen molar-refractivity contribution in [3.05, 3.63) is 35.1 Å². The summed E-state index contributed by atoms with van der Waals surface area (Å²) in [6.45, 7) is 2.03. The number of fused-ring (bicyclic) bond motifs is 1. The van der Waals surface area contributed by atoms with E-state index in [1.54, 1.807) is 6.07 Å². The first kappa shape index (κ1) is 12.0. The summed E-state index contributed by atoms with van der Waals surface area (Å²) < 4.78 is 13.7. The molecule has 17 heavy (non-hydrogen) atoms. The molecule has 2 unspecified atom stereocenters. The molecule has 0 bridgehead atoms. The second kappa shape index (κ2) is 4.84. The predicted molar refractivity (Wildman–Crippen MR) is 63.8 cm³/mol. The summed E-state index contributed by atoms with van der Waals surface area (Å²) in [4.78, 5) is 11.4. The number of amides is 1. The Balaban J connectivity index is 2.33. The van der Waals surface area contributed by atoms with Crippen molar-refractivity contribution in [2.45, 2.75) is 25.8 Å². The molecule has 3 nitrogen and oxygen atoms in total. The molecule has 1 aromatic rings. The fourth-order valence-electron chi connectivity index (χ4n) is 2.43. The van der Waals surface area contributed by atoms with E-state index in [-0.39, 0.29) is 24.3 Å². The van der Waals surface area contributed by atoms with Crippen molar-refractivity contribution in [1.82, 2.24) is 5.32 Å². The predicted octanol–water partition coefficient (Wildman–Crippen LogP) is 1.52. The Labute approximate surface area is 100 Å². The van der Waals surface area contributed by atoms with E-state index in [0.29, 0.717) is 5.92 Å². The maximum absolute atomic E-state index is 13.7. The normalized spacial score (nSPS) is 23.0. The zero-order valence-corrected chi connectivity index (χ0v) is 9.87. The minimum atomic E-state index is -0.195. The van der Waals surface area contributed by atoms with Crippen LogP contribution in [0.3, 0.4) is 0 Å². The van der Waals surface area contributed by atoms with Gasteiger partial charge in [-0.2, -0.15) is 0 Å². The number of nitrogens with two attached hydrogens (primary N) is 1. The Bertz CT molecular complexity index is 433. The Kier molecular flexibility index (Phi) is 3.43. The van der Waals surface area contributed by atoms with Crippen LogP contribution in [0, 0.1) is 11.7 Å². The molecular formula is C13H17FN2O. The standard InChI is InChI=1S/C13H17FN2O/c1-8-5-6-9-10(3-2-4-11(9)14)13(8)16-12(17)7-15/h2-4,8,13H,5-7,15H2,1H3,(H,16,17). The SMILES string of the molecule is CC1CCc2c(F)cccc2C1NC(=O)CN. The van der Waals surface area contributed by atoms with Gasteiger partial charge in [0, 0.05) is 0 Å². The van der Waals surface area contributed by atoms with E-state index in [0.717, 1.165) is 24.0 Å². The third-order valence-electron chi connectivity index (χ3n) is 3.41. The second-order valence-corrected chi connectivity index (χ2v) is 4.57. The number of benzene rings is 1. The molecule has 4 heteroatoms. The van der Waals surface area contributed by atoms with E-state index in [4.69, 9.17) is 5.73 Å². The van der Waals surface area contributed by atoms with E-state index in [1.807, 2.05) is 6.07 Å². The highest BCUT2D eigenvalue weighted by atomic mass is 19.1. The van der Waals surface area contributed by atoms with Crippen LogP contribution in [0.25, 0.3) is 0 Å². The number of hydrogen-bond donors (Lipinski definition) is 2. The van der Waals surface area contributed by atoms with Crippen LogP contribution in [0.5, 0.6) is 0 Å². The Morgan fingerprint density at radius 2 is 2.35 bits per heavy atom. The van der Waals surface area contributed by atoms with Gasteiger partial charge in [-0.1, -0.05) is 19.1 Å². The molecule has 2 atom stereocenters. The van der Waals surface area contributed by atoms with Gasteiger partial charge >= 0.3 is 0 Å². The molecule has 1 amide bonds. The van der Waals surface area contributed by atoms with Crippen molar-refractivity contribution in [2.75, 3.05) is 6.54 Å². The third-order valence-corrected chi connectivity index (χ3v) is 3.41. The molecule has 0 saturated heterocycles. The molecule has 0 aromatic heterocycles. The van der Waals surface area contributed by atoms with Crippen molar-refractivity contribution in [3.63, 3.8) is 0 Å². The number of carbonyl (C=O) groups is 1. The molecule has 0 heterocycles. The molecule has 0 radical (unpaired) electrons. The van der Waals surface area contributed by atoms with E-state index < -0.39 is 0 Å². The smallest absolute Gasteiger partial charge is 0.234 e. The van der Waals surface area contributed by atoms with Crippen molar-refractivity contribution < 1.29 is 9.18 Å². The van der Waals surface area contributed by atoms with E-state index in [2.05, 4.69) is 12.2 Å². The number of halogens is 1. The van der Waals surface area contributed by atoms with Crippen LogP contribution < -0.4 is 11.1 Å². The molecule has 0 spiro atoms. The first-order chi connectivity index (χ1) is 8.13. The van der Waals surface area contributed by atoms with E-state index >= 15 is 0 Å². The molecule has 0 fully saturated rings. The highest BCUT2D eigenvalue weighted by Crippen LogP contribution is 2.35. The van der Waals surface area contributed by atoms with Crippen LogP contribution in [0.15, 0.2) is 18.2 Å². The molecular weight excluding hydrogens is 219 g/mol. The maximum atomic E-state index is 13.7. The van der Waals surface area contributed by atoms with Gasteiger partial charge in [-0.05, 0) is 36.0 Å². The fourth-order valence-corrected chi connectivity index (χ4v) is 2.43. The summed E-state index contributed by atoms with van der Waals surface area (Å²) >= 11 is 0. The molecule has 0 saturated carbocycles. The van der Waals surface area contributed by atoms with Crippen LogP contribution in [-0.4, -0.2) is 12.5 Å². The topological polar surface area (TPSA) is 55.1 Å². The van der Waals surface area contributed by atoms with Gasteiger partial charge < -0.3 is 11.1 Å². The summed E-state index contributed by atoms with van der Waals surface area (Å²) in [6, 6.07) is 4.92. The summed E-state index contributed by atoms with van der Waals surface area (Å²) in [7, 11) is 0. The van der Waals surface area contributed by atoms with Crippen molar-refractivity contribution in [2.24, 2.45) is 11.7 Å². The minimum absolute atomic E-state index is 0.0339. The van der Waals surface area contributed by atoms with Crippen LogP contribution in [0.1, 0.15) is 30.5 Å². The van der Waals surface area contributed by atoms with Crippen LogP contribution in [0.4, 0.5) is 4.39 Å². The summed E-state index contributed by atoms with van der Waals surface area (Å²) in [5, 5.41) is 2.87. The average Bonchev–Trinajstić information content (AvgIpc) is 2.33. The summed E-state index contributed by atoms with van der Waals surface area (Å²) in [5.41, 5.74) is 6.92. The second-order valence-electron chi connectivity index (χ2n) is 4.57. The minimum Gasteiger partial charge on any atom is -0.348 e. The molecule has 1 aliphatic carbocycles. The molecule has 1 aliphatic rings.